The predicted octanol–water partition coefficient (Wildman–Crippen LogP) is 2.79. The van der Waals surface area contributed by atoms with Gasteiger partial charge in [-0.05, 0) is 31.2 Å². The van der Waals surface area contributed by atoms with Crippen molar-refractivity contribution in [1.82, 2.24) is 0 Å². The molecular formula is C16H17N3O. The summed E-state index contributed by atoms with van der Waals surface area (Å²) >= 11 is 0. The van der Waals surface area contributed by atoms with Crippen LogP contribution >= 0.6 is 0 Å². The fraction of sp³-hybridized carbons (Fsp3) is 0.312. The molecule has 0 bridgehead atoms. The summed E-state index contributed by atoms with van der Waals surface area (Å²) in [6, 6.07) is 7.82. The van der Waals surface area contributed by atoms with E-state index in [0.717, 1.165) is 24.8 Å². The molecule has 1 heterocycles. The van der Waals surface area contributed by atoms with Crippen LogP contribution in [0.3, 0.4) is 0 Å². The number of anilines is 1. The summed E-state index contributed by atoms with van der Waals surface area (Å²) in [6.45, 7) is 0. The number of ether oxygens (including phenoxy) is 1. The van der Waals surface area contributed by atoms with E-state index in [1.807, 2.05) is 12.1 Å². The topological polar surface area (TPSA) is 85.1 Å². The molecule has 2 atom stereocenters. The molecule has 0 spiro atoms. The third-order valence-corrected chi connectivity index (χ3v) is 4.07. The molecule has 2 aliphatic rings. The van der Waals surface area contributed by atoms with E-state index in [1.165, 1.54) is 0 Å². The lowest BCUT2D eigenvalue weighted by atomic mass is 9.74. The summed E-state index contributed by atoms with van der Waals surface area (Å²) in [5, 5.41) is 9.43. The van der Waals surface area contributed by atoms with E-state index in [0.29, 0.717) is 22.9 Å². The first-order chi connectivity index (χ1) is 9.70. The minimum atomic E-state index is 0.00861. The van der Waals surface area contributed by atoms with E-state index in [-0.39, 0.29) is 11.8 Å². The number of nitrogens with zero attached hydrogens (tertiary/aromatic N) is 1. The SMILES string of the molecule is N#CC1=C(N)Oc2cc(N)ccc2[C@@H]1[C@H]1CC=CCC1. The lowest BCUT2D eigenvalue weighted by Crippen LogP contribution is -2.25. The highest BCUT2D eigenvalue weighted by Gasteiger charge is 2.34. The van der Waals surface area contributed by atoms with Crippen LogP contribution in [0.5, 0.6) is 5.75 Å². The Kier molecular flexibility index (Phi) is 3.11. The molecule has 1 aliphatic carbocycles. The summed E-state index contributed by atoms with van der Waals surface area (Å²) < 4.78 is 5.57. The van der Waals surface area contributed by atoms with Gasteiger partial charge in [-0.2, -0.15) is 5.26 Å². The first-order valence-corrected chi connectivity index (χ1v) is 6.82. The summed E-state index contributed by atoms with van der Waals surface area (Å²) in [7, 11) is 0. The van der Waals surface area contributed by atoms with Gasteiger partial charge in [-0.1, -0.05) is 18.2 Å². The minimum absolute atomic E-state index is 0.00861. The first kappa shape index (κ1) is 12.6. The quantitative estimate of drug-likeness (QED) is 0.605. The standard InChI is InChI=1S/C16H17N3O/c17-9-13-15(10-4-2-1-3-5-10)12-7-6-11(18)8-14(12)20-16(13)19/h1-2,6-8,10,15H,3-5,18-19H2/t10-,15-/m0/s1. The second-order valence-corrected chi connectivity index (χ2v) is 5.31. The highest BCUT2D eigenvalue weighted by atomic mass is 16.5. The van der Waals surface area contributed by atoms with Crippen molar-refractivity contribution in [3.8, 4) is 11.8 Å². The molecule has 4 N–H and O–H groups in total. The third-order valence-electron chi connectivity index (χ3n) is 4.07. The van der Waals surface area contributed by atoms with E-state index in [1.54, 1.807) is 6.07 Å². The molecule has 4 heteroatoms. The Morgan fingerprint density at radius 2 is 2.10 bits per heavy atom. The van der Waals surface area contributed by atoms with Crippen molar-refractivity contribution < 1.29 is 4.74 Å². The van der Waals surface area contributed by atoms with Gasteiger partial charge in [0.1, 0.15) is 11.8 Å². The largest absolute Gasteiger partial charge is 0.440 e. The average molecular weight is 267 g/mol. The van der Waals surface area contributed by atoms with Gasteiger partial charge < -0.3 is 16.2 Å². The molecule has 0 fully saturated rings. The molecule has 1 aliphatic heterocycles. The van der Waals surface area contributed by atoms with Crippen LogP contribution in [0.2, 0.25) is 0 Å². The van der Waals surface area contributed by atoms with Crippen LogP contribution in [-0.2, 0) is 0 Å². The molecule has 0 amide bonds. The molecule has 1 aromatic carbocycles. The predicted molar refractivity (Wildman–Crippen MR) is 77.5 cm³/mol. The van der Waals surface area contributed by atoms with Crippen LogP contribution in [0.4, 0.5) is 5.69 Å². The number of hydrogen-bond donors (Lipinski definition) is 2. The van der Waals surface area contributed by atoms with Gasteiger partial charge in [-0.15, -0.1) is 0 Å². The van der Waals surface area contributed by atoms with Crippen molar-refractivity contribution in [2.45, 2.75) is 25.2 Å². The average Bonchev–Trinajstić information content (AvgIpc) is 2.46. The molecule has 4 nitrogen and oxygen atoms in total. The molecule has 0 radical (unpaired) electrons. The Labute approximate surface area is 118 Å². The second-order valence-electron chi connectivity index (χ2n) is 5.31. The Bertz CT molecular complexity index is 640. The molecule has 0 unspecified atom stereocenters. The van der Waals surface area contributed by atoms with E-state index < -0.39 is 0 Å². The van der Waals surface area contributed by atoms with Gasteiger partial charge in [0.15, 0.2) is 0 Å². The summed E-state index contributed by atoms with van der Waals surface area (Å²) in [6.07, 6.45) is 7.45. The van der Waals surface area contributed by atoms with Gasteiger partial charge in [0.2, 0.25) is 5.88 Å². The molecule has 0 aromatic heterocycles. The van der Waals surface area contributed by atoms with E-state index in [9.17, 15) is 5.26 Å². The molecule has 1 aromatic rings. The Morgan fingerprint density at radius 1 is 1.25 bits per heavy atom. The van der Waals surface area contributed by atoms with Crippen molar-refractivity contribution >= 4 is 5.69 Å². The maximum atomic E-state index is 9.43. The van der Waals surface area contributed by atoms with E-state index >= 15 is 0 Å². The van der Waals surface area contributed by atoms with Crippen molar-refractivity contribution in [3.05, 3.63) is 47.4 Å². The highest BCUT2D eigenvalue weighted by molar-refractivity contribution is 5.56. The molecular weight excluding hydrogens is 250 g/mol. The molecule has 0 saturated carbocycles. The second kappa shape index (κ2) is 4.93. The van der Waals surface area contributed by atoms with Gasteiger partial charge in [-0.25, -0.2) is 0 Å². The fourth-order valence-corrected chi connectivity index (χ4v) is 3.11. The molecule has 102 valence electrons. The van der Waals surface area contributed by atoms with Crippen LogP contribution < -0.4 is 16.2 Å². The maximum absolute atomic E-state index is 9.43. The third kappa shape index (κ3) is 2.01. The van der Waals surface area contributed by atoms with E-state index in [2.05, 4.69) is 18.2 Å². The van der Waals surface area contributed by atoms with Crippen LogP contribution in [0.25, 0.3) is 0 Å². The number of nitrogen functional groups attached to an aromatic ring is 1. The van der Waals surface area contributed by atoms with Crippen LogP contribution in [0.15, 0.2) is 41.8 Å². The fourth-order valence-electron chi connectivity index (χ4n) is 3.11. The number of nitriles is 1. The van der Waals surface area contributed by atoms with Crippen molar-refractivity contribution in [3.63, 3.8) is 0 Å². The number of fused-ring (bicyclic) bond motifs is 1. The van der Waals surface area contributed by atoms with Crippen molar-refractivity contribution in [2.24, 2.45) is 11.7 Å². The minimum Gasteiger partial charge on any atom is -0.440 e. The molecule has 3 rings (SSSR count). The lowest BCUT2D eigenvalue weighted by Gasteiger charge is -2.33. The Balaban J connectivity index is 2.09. The number of nitrogens with two attached hydrogens (primary N) is 2. The normalized spacial score (nSPS) is 24.8. The molecule has 0 saturated heterocycles. The summed E-state index contributed by atoms with van der Waals surface area (Å²) in [5.41, 5.74) is 13.9. The molecule has 20 heavy (non-hydrogen) atoms. The van der Waals surface area contributed by atoms with Crippen molar-refractivity contribution in [1.29, 1.82) is 5.26 Å². The summed E-state index contributed by atoms with van der Waals surface area (Å²) in [5.74, 6) is 1.29. The van der Waals surface area contributed by atoms with Gasteiger partial charge in [-0.3, -0.25) is 0 Å². The van der Waals surface area contributed by atoms with Crippen LogP contribution in [0, 0.1) is 17.2 Å². The number of rotatable bonds is 1. The van der Waals surface area contributed by atoms with Gasteiger partial charge >= 0.3 is 0 Å². The number of benzene rings is 1. The zero-order valence-electron chi connectivity index (χ0n) is 11.2. The zero-order valence-corrected chi connectivity index (χ0v) is 11.2. The van der Waals surface area contributed by atoms with Gasteiger partial charge in [0.25, 0.3) is 0 Å². The van der Waals surface area contributed by atoms with Crippen molar-refractivity contribution in [2.75, 3.05) is 5.73 Å². The Morgan fingerprint density at radius 3 is 2.80 bits per heavy atom. The zero-order chi connectivity index (χ0) is 14.1. The highest BCUT2D eigenvalue weighted by Crippen LogP contribution is 2.46. The monoisotopic (exact) mass is 267 g/mol. The first-order valence-electron chi connectivity index (χ1n) is 6.82. The van der Waals surface area contributed by atoms with Gasteiger partial charge in [0.05, 0.1) is 5.57 Å². The smallest absolute Gasteiger partial charge is 0.205 e. The van der Waals surface area contributed by atoms with Crippen LogP contribution in [0.1, 0.15) is 30.7 Å². The van der Waals surface area contributed by atoms with Gasteiger partial charge in [0, 0.05) is 23.2 Å². The maximum Gasteiger partial charge on any atom is 0.205 e. The summed E-state index contributed by atoms with van der Waals surface area (Å²) in [4.78, 5) is 0. The number of allylic oxidation sites excluding steroid dienone is 3. The Hall–Kier alpha value is -2.41. The lowest BCUT2D eigenvalue weighted by molar-refractivity contribution is 0.348. The number of hydrogen-bond acceptors (Lipinski definition) is 4. The van der Waals surface area contributed by atoms with Crippen LogP contribution in [-0.4, -0.2) is 0 Å². The van der Waals surface area contributed by atoms with E-state index in [4.69, 9.17) is 16.2 Å².